The summed E-state index contributed by atoms with van der Waals surface area (Å²) in [7, 11) is 0. The molecule has 8 nitrogen and oxygen atoms in total. The predicted octanol–water partition coefficient (Wildman–Crippen LogP) is 1.75. The van der Waals surface area contributed by atoms with Crippen LogP contribution in [0.4, 0.5) is 11.4 Å². The summed E-state index contributed by atoms with van der Waals surface area (Å²) < 4.78 is 0. The number of amides is 1. The Morgan fingerprint density at radius 3 is 2.62 bits per heavy atom. The number of nitrogens with zero attached hydrogens (tertiary/aromatic N) is 1. The second-order valence-corrected chi connectivity index (χ2v) is 4.53. The van der Waals surface area contributed by atoms with Gasteiger partial charge in [-0.2, -0.15) is 0 Å². The average Bonchev–Trinajstić information content (AvgIpc) is 2.42. The number of hydrogen-bond acceptors (Lipinski definition) is 5. The summed E-state index contributed by atoms with van der Waals surface area (Å²) in [4.78, 5) is 32.6. The van der Waals surface area contributed by atoms with Gasteiger partial charge in [-0.05, 0) is 18.6 Å². The molecule has 0 aromatic heterocycles. The van der Waals surface area contributed by atoms with Crippen LogP contribution < -0.4 is 11.1 Å². The predicted molar refractivity (Wildman–Crippen MR) is 76.2 cm³/mol. The first-order valence-electron chi connectivity index (χ1n) is 6.44. The van der Waals surface area contributed by atoms with Crippen LogP contribution in [-0.2, 0) is 4.79 Å². The van der Waals surface area contributed by atoms with Crippen LogP contribution in [0, 0.1) is 10.1 Å². The monoisotopic (exact) mass is 295 g/mol. The molecule has 0 saturated carbocycles. The van der Waals surface area contributed by atoms with Crippen LogP contribution in [0.1, 0.15) is 36.5 Å². The number of carboxylic acids is 1. The molecule has 8 heteroatoms. The summed E-state index contributed by atoms with van der Waals surface area (Å²) in [5, 5.41) is 22.7. The van der Waals surface area contributed by atoms with Gasteiger partial charge in [0.05, 0.1) is 4.92 Å². The first-order valence-corrected chi connectivity index (χ1v) is 6.44. The van der Waals surface area contributed by atoms with E-state index < -0.39 is 22.8 Å². The summed E-state index contributed by atoms with van der Waals surface area (Å²) in [5.41, 5.74) is 4.87. The van der Waals surface area contributed by atoms with Crippen LogP contribution >= 0.6 is 0 Å². The normalized spacial score (nSPS) is 11.7. The van der Waals surface area contributed by atoms with Crippen molar-refractivity contribution in [1.29, 1.82) is 0 Å². The highest BCUT2D eigenvalue weighted by Crippen LogP contribution is 2.26. The number of hydrogen-bond donors (Lipinski definition) is 3. The fraction of sp³-hybridized carbons (Fsp3) is 0.385. The molecule has 21 heavy (non-hydrogen) atoms. The zero-order chi connectivity index (χ0) is 16.0. The highest BCUT2D eigenvalue weighted by molar-refractivity contribution is 5.95. The standard InChI is InChI=1S/C13H17N3O5/c1-2-3-4-9(13(18)19)15-10-7-8(12(14)17)5-6-11(10)16(20)21/h5-7,9,15H,2-4H2,1H3,(H2,14,17)(H,18,19). The molecule has 0 radical (unpaired) electrons. The lowest BCUT2D eigenvalue weighted by Crippen LogP contribution is -2.29. The van der Waals surface area contributed by atoms with E-state index in [0.717, 1.165) is 12.5 Å². The highest BCUT2D eigenvalue weighted by Gasteiger charge is 2.22. The van der Waals surface area contributed by atoms with Crippen molar-refractivity contribution < 1.29 is 19.6 Å². The number of carbonyl (C=O) groups is 2. The zero-order valence-electron chi connectivity index (χ0n) is 11.5. The Bertz CT molecular complexity index is 559. The molecular formula is C13H17N3O5. The van der Waals surface area contributed by atoms with E-state index in [2.05, 4.69) is 5.32 Å². The highest BCUT2D eigenvalue weighted by atomic mass is 16.6. The van der Waals surface area contributed by atoms with Crippen molar-refractivity contribution in [2.75, 3.05) is 5.32 Å². The lowest BCUT2D eigenvalue weighted by atomic mass is 10.1. The molecule has 1 atom stereocenters. The third kappa shape index (κ3) is 4.44. The van der Waals surface area contributed by atoms with E-state index in [1.165, 1.54) is 12.1 Å². The molecule has 1 unspecified atom stereocenters. The van der Waals surface area contributed by atoms with Crippen LogP contribution in [0.5, 0.6) is 0 Å². The molecule has 114 valence electrons. The minimum Gasteiger partial charge on any atom is -0.480 e. The maximum absolute atomic E-state index is 11.2. The number of rotatable bonds is 8. The summed E-state index contributed by atoms with van der Waals surface area (Å²) in [6.45, 7) is 1.91. The smallest absolute Gasteiger partial charge is 0.326 e. The number of nitrogens with one attached hydrogen (secondary N) is 1. The molecule has 0 bridgehead atoms. The van der Waals surface area contributed by atoms with Gasteiger partial charge in [-0.25, -0.2) is 4.79 Å². The van der Waals surface area contributed by atoms with E-state index in [0.29, 0.717) is 12.8 Å². The van der Waals surface area contributed by atoms with Crippen LogP contribution in [-0.4, -0.2) is 27.9 Å². The van der Waals surface area contributed by atoms with Crippen LogP contribution in [0.3, 0.4) is 0 Å². The number of carboxylic acid groups (broad SMARTS) is 1. The maximum atomic E-state index is 11.2. The molecule has 1 rings (SSSR count). The Balaban J connectivity index is 3.12. The Labute approximate surface area is 121 Å². The van der Waals surface area contributed by atoms with E-state index in [1.54, 1.807) is 0 Å². The van der Waals surface area contributed by atoms with Crippen molar-refractivity contribution in [2.45, 2.75) is 32.2 Å². The van der Waals surface area contributed by atoms with E-state index in [1.807, 2.05) is 6.92 Å². The van der Waals surface area contributed by atoms with Gasteiger partial charge in [0, 0.05) is 11.6 Å². The largest absolute Gasteiger partial charge is 0.480 e. The summed E-state index contributed by atoms with van der Waals surface area (Å²) >= 11 is 0. The number of nitro groups is 1. The first-order chi connectivity index (χ1) is 9.86. The average molecular weight is 295 g/mol. The van der Waals surface area contributed by atoms with Gasteiger partial charge in [-0.3, -0.25) is 14.9 Å². The number of nitro benzene ring substituents is 1. The van der Waals surface area contributed by atoms with Gasteiger partial charge in [0.2, 0.25) is 5.91 Å². The number of carbonyl (C=O) groups excluding carboxylic acids is 1. The van der Waals surface area contributed by atoms with Crippen molar-refractivity contribution >= 4 is 23.3 Å². The molecule has 0 heterocycles. The third-order valence-corrected chi connectivity index (χ3v) is 2.95. The second kappa shape index (κ2) is 7.22. The van der Waals surface area contributed by atoms with Crippen molar-refractivity contribution in [3.63, 3.8) is 0 Å². The fourth-order valence-electron chi connectivity index (χ4n) is 1.82. The lowest BCUT2D eigenvalue weighted by molar-refractivity contribution is -0.384. The van der Waals surface area contributed by atoms with Gasteiger partial charge in [0.25, 0.3) is 5.69 Å². The molecule has 1 amide bonds. The maximum Gasteiger partial charge on any atom is 0.326 e. The molecule has 0 fully saturated rings. The Hall–Kier alpha value is -2.64. The number of nitrogens with two attached hydrogens (primary N) is 1. The van der Waals surface area contributed by atoms with E-state index >= 15 is 0 Å². The van der Waals surface area contributed by atoms with Gasteiger partial charge < -0.3 is 16.2 Å². The summed E-state index contributed by atoms with van der Waals surface area (Å²) in [5.74, 6) is -1.85. The Kier molecular flexibility index (Phi) is 5.65. The minimum atomic E-state index is -1.11. The third-order valence-electron chi connectivity index (χ3n) is 2.95. The second-order valence-electron chi connectivity index (χ2n) is 4.53. The number of primary amides is 1. The van der Waals surface area contributed by atoms with Crippen molar-refractivity contribution in [3.8, 4) is 0 Å². The van der Waals surface area contributed by atoms with E-state index in [4.69, 9.17) is 10.8 Å². The number of unbranched alkanes of at least 4 members (excludes halogenated alkanes) is 1. The van der Waals surface area contributed by atoms with Gasteiger partial charge in [0.1, 0.15) is 11.7 Å². The van der Waals surface area contributed by atoms with E-state index in [-0.39, 0.29) is 16.9 Å². The molecule has 0 aliphatic carbocycles. The lowest BCUT2D eigenvalue weighted by Gasteiger charge is -2.15. The fourth-order valence-corrected chi connectivity index (χ4v) is 1.82. The van der Waals surface area contributed by atoms with Crippen LogP contribution in [0.2, 0.25) is 0 Å². The van der Waals surface area contributed by atoms with Crippen molar-refractivity contribution in [1.82, 2.24) is 0 Å². The Morgan fingerprint density at radius 2 is 2.14 bits per heavy atom. The molecule has 0 aliphatic heterocycles. The quantitative estimate of drug-likeness (QED) is 0.493. The van der Waals surface area contributed by atoms with Gasteiger partial charge in [-0.1, -0.05) is 19.8 Å². The molecule has 0 aliphatic rings. The summed E-state index contributed by atoms with van der Waals surface area (Å²) in [6, 6.07) is 2.59. The molecule has 4 N–H and O–H groups in total. The van der Waals surface area contributed by atoms with Gasteiger partial charge >= 0.3 is 5.97 Å². The van der Waals surface area contributed by atoms with Gasteiger partial charge in [0.15, 0.2) is 0 Å². The number of benzene rings is 1. The minimum absolute atomic E-state index is 0.0280. The summed E-state index contributed by atoms with van der Waals surface area (Å²) in [6.07, 6.45) is 1.78. The van der Waals surface area contributed by atoms with Crippen LogP contribution in [0.15, 0.2) is 18.2 Å². The molecule has 0 saturated heterocycles. The SMILES string of the molecule is CCCCC(Nc1cc(C(N)=O)ccc1[N+](=O)[O-])C(=O)O. The number of aliphatic carboxylic acids is 1. The van der Waals surface area contributed by atoms with E-state index in [9.17, 15) is 19.7 Å². The van der Waals surface area contributed by atoms with Crippen molar-refractivity contribution in [3.05, 3.63) is 33.9 Å². The topological polar surface area (TPSA) is 136 Å². The number of anilines is 1. The molecule has 1 aromatic carbocycles. The molecule has 1 aromatic rings. The first kappa shape index (κ1) is 16.4. The Morgan fingerprint density at radius 1 is 1.48 bits per heavy atom. The van der Waals surface area contributed by atoms with Crippen LogP contribution in [0.25, 0.3) is 0 Å². The molecule has 0 spiro atoms. The van der Waals surface area contributed by atoms with Crippen molar-refractivity contribution in [2.24, 2.45) is 5.73 Å². The zero-order valence-corrected chi connectivity index (χ0v) is 11.5. The molecular weight excluding hydrogens is 278 g/mol. The van der Waals surface area contributed by atoms with Gasteiger partial charge in [-0.15, -0.1) is 0 Å².